The quantitative estimate of drug-likeness (QED) is 0.0800. The monoisotopic (exact) mass is 1140 g/mol. The van der Waals surface area contributed by atoms with Gasteiger partial charge in [-0.25, -0.2) is 9.97 Å². The molecule has 0 bridgehead atoms. The van der Waals surface area contributed by atoms with Gasteiger partial charge in [-0.3, -0.25) is 0 Å². The Morgan fingerprint density at radius 3 is 0.547 bits per heavy atom. The summed E-state index contributed by atoms with van der Waals surface area (Å²) in [6, 6.07) is 48.5. The van der Waals surface area contributed by atoms with Crippen molar-refractivity contribution in [2.45, 2.75) is 237 Å². The van der Waals surface area contributed by atoms with Crippen molar-refractivity contribution in [1.29, 1.82) is 0 Å². The molecule has 9 aromatic rings. The van der Waals surface area contributed by atoms with Gasteiger partial charge < -0.3 is 0 Å². The largest absolute Gasteiger partial charge is 0.245 e. The highest BCUT2D eigenvalue weighted by Crippen LogP contribution is 2.48. The smallest absolute Gasteiger partial charge is 0.0972 e. The van der Waals surface area contributed by atoms with Crippen LogP contribution in [0.3, 0.4) is 0 Å². The summed E-state index contributed by atoms with van der Waals surface area (Å²) in [5.74, 6) is 4.35. The minimum absolute atomic E-state index is 0.332. The Morgan fingerprint density at radius 1 is 0.198 bits per heavy atom. The summed E-state index contributed by atoms with van der Waals surface area (Å²) in [6.45, 7) is 56.6. The van der Waals surface area contributed by atoms with Crippen molar-refractivity contribution in [1.82, 2.24) is 9.97 Å². The van der Waals surface area contributed by atoms with Crippen LogP contribution in [0.1, 0.15) is 304 Å². The Kier molecular flexibility index (Phi) is 19.0. The third kappa shape index (κ3) is 12.7. The number of nitrogens with zero attached hydrogens (tertiary/aromatic N) is 2. The molecule has 2 aromatic heterocycles. The molecule has 0 amide bonds. The highest BCUT2D eigenvalue weighted by atomic mass is 14.8. The number of fused-ring (bicyclic) bond motifs is 3. The van der Waals surface area contributed by atoms with Crippen molar-refractivity contribution < 1.29 is 0 Å². The van der Waals surface area contributed by atoms with E-state index in [0.717, 1.165) is 44.3 Å². The van der Waals surface area contributed by atoms with Crippen LogP contribution in [-0.2, 0) is 0 Å². The predicted octanol–water partition coefficient (Wildman–Crippen LogP) is 26.3. The third-order valence-corrected chi connectivity index (χ3v) is 18.7. The topological polar surface area (TPSA) is 25.8 Å². The molecule has 0 unspecified atom stereocenters. The van der Waals surface area contributed by atoms with Gasteiger partial charge in [0.2, 0.25) is 0 Å². The summed E-state index contributed by atoms with van der Waals surface area (Å²) in [6.07, 6.45) is 0. The molecule has 2 heteroatoms. The van der Waals surface area contributed by atoms with Crippen LogP contribution in [-0.4, -0.2) is 9.97 Å². The van der Waals surface area contributed by atoms with Gasteiger partial charge in [0.05, 0.1) is 22.4 Å². The molecule has 0 N–H and O–H groups in total. The molecule has 2 nitrogen and oxygen atoms in total. The first-order valence-electron chi connectivity index (χ1n) is 33.3. The summed E-state index contributed by atoms with van der Waals surface area (Å²) < 4.78 is 0. The number of aromatic nitrogens is 2. The Morgan fingerprint density at radius 2 is 0.372 bits per heavy atom. The van der Waals surface area contributed by atoms with E-state index in [1.54, 1.807) is 0 Å². The molecular formula is C84H104N2. The summed E-state index contributed by atoms with van der Waals surface area (Å²) in [4.78, 5) is 11.6. The zero-order valence-electron chi connectivity index (χ0n) is 57.4. The molecule has 0 fully saturated rings. The standard InChI is InChI=1S/C84H104N2/c1-45(2)59-37-69(49(9)10)79(70(38-59)50(11)12)65-31-63(32-66(35-65)80-71(51(13)14)39-60(46(3)4)40-72(80)52(15)16)77-29-27-57-25-26-58-28-30-78(86-84(58)83(57)85-77)64-33-67(81-73(53(17)18)41-61(47(5)6)42-74(81)54(19)20)36-68(34-64)82-75(55(21)22)43-62(48(7)8)44-76(82)56(23)24/h25-56H,1-24H3. The maximum Gasteiger partial charge on any atom is 0.0972 e. The fraction of sp³-hybridized carbons (Fsp3) is 0.429. The first-order chi connectivity index (χ1) is 40.5. The fourth-order valence-electron chi connectivity index (χ4n) is 13.4. The minimum atomic E-state index is 0.332. The molecule has 0 spiro atoms. The molecule has 7 aromatic carbocycles. The van der Waals surface area contributed by atoms with E-state index in [9.17, 15) is 0 Å². The van der Waals surface area contributed by atoms with E-state index in [-0.39, 0.29) is 0 Å². The van der Waals surface area contributed by atoms with Gasteiger partial charge in [-0.2, -0.15) is 0 Å². The zero-order valence-corrected chi connectivity index (χ0v) is 57.4. The number of hydrogen-bond donors (Lipinski definition) is 0. The van der Waals surface area contributed by atoms with Crippen LogP contribution >= 0.6 is 0 Å². The third-order valence-electron chi connectivity index (χ3n) is 18.7. The van der Waals surface area contributed by atoms with E-state index in [1.807, 2.05) is 0 Å². The summed E-state index contributed by atoms with van der Waals surface area (Å²) in [5, 5.41) is 2.17. The molecule has 0 saturated heterocycles. The Balaban J connectivity index is 1.36. The second-order valence-electron chi connectivity index (χ2n) is 29.4. The predicted molar refractivity (Wildman–Crippen MR) is 379 cm³/mol. The molecule has 2 heterocycles. The molecule has 86 heavy (non-hydrogen) atoms. The number of pyridine rings is 2. The second kappa shape index (κ2) is 25.6. The van der Waals surface area contributed by atoms with Crippen molar-refractivity contribution in [3.8, 4) is 67.0 Å². The van der Waals surface area contributed by atoms with Crippen LogP contribution in [0.15, 0.2) is 121 Å². The van der Waals surface area contributed by atoms with Gasteiger partial charge in [0.1, 0.15) is 0 Å². The molecular weight excluding hydrogens is 1040 g/mol. The van der Waals surface area contributed by atoms with E-state index in [4.69, 9.17) is 9.97 Å². The highest BCUT2D eigenvalue weighted by Gasteiger charge is 2.27. The van der Waals surface area contributed by atoms with Crippen molar-refractivity contribution >= 4 is 21.8 Å². The summed E-state index contributed by atoms with van der Waals surface area (Å²) in [7, 11) is 0. The van der Waals surface area contributed by atoms with Gasteiger partial charge >= 0.3 is 0 Å². The number of rotatable bonds is 18. The lowest BCUT2D eigenvalue weighted by Gasteiger charge is -2.26. The van der Waals surface area contributed by atoms with Gasteiger partial charge in [-0.05, 0) is 231 Å². The van der Waals surface area contributed by atoms with Gasteiger partial charge in [0.15, 0.2) is 0 Å². The minimum Gasteiger partial charge on any atom is -0.245 e. The van der Waals surface area contributed by atoms with Crippen LogP contribution in [0.4, 0.5) is 0 Å². The van der Waals surface area contributed by atoms with Crippen molar-refractivity contribution in [2.75, 3.05) is 0 Å². The maximum atomic E-state index is 5.82. The van der Waals surface area contributed by atoms with Crippen LogP contribution in [0.2, 0.25) is 0 Å². The van der Waals surface area contributed by atoms with E-state index in [2.05, 4.69) is 287 Å². The molecule has 0 radical (unpaired) electrons. The number of benzene rings is 7. The lowest BCUT2D eigenvalue weighted by molar-refractivity contribution is 0.806. The molecule has 0 saturated carbocycles. The molecule has 0 aliphatic carbocycles. The van der Waals surface area contributed by atoms with Gasteiger partial charge in [0.25, 0.3) is 0 Å². The second-order valence-corrected chi connectivity index (χ2v) is 29.4. The van der Waals surface area contributed by atoms with Crippen molar-refractivity contribution in [2.24, 2.45) is 0 Å². The van der Waals surface area contributed by atoms with E-state index >= 15 is 0 Å². The van der Waals surface area contributed by atoms with Crippen LogP contribution in [0.25, 0.3) is 88.8 Å². The lowest BCUT2D eigenvalue weighted by atomic mass is 9.78. The maximum absolute atomic E-state index is 5.82. The van der Waals surface area contributed by atoms with E-state index in [1.165, 1.54) is 111 Å². The normalized spacial score (nSPS) is 12.5. The highest BCUT2D eigenvalue weighted by molar-refractivity contribution is 6.04. The summed E-state index contributed by atoms with van der Waals surface area (Å²) >= 11 is 0. The first kappa shape index (κ1) is 63.9. The van der Waals surface area contributed by atoms with Crippen LogP contribution < -0.4 is 0 Å². The Labute approximate surface area is 521 Å². The lowest BCUT2D eigenvalue weighted by Crippen LogP contribution is -2.06. The molecule has 0 aliphatic heterocycles. The Bertz CT molecular complexity index is 3390. The van der Waals surface area contributed by atoms with E-state index in [0.29, 0.717) is 71.0 Å². The van der Waals surface area contributed by atoms with Crippen molar-refractivity contribution in [3.63, 3.8) is 0 Å². The average Bonchev–Trinajstić information content (AvgIpc) is 3.67. The summed E-state index contributed by atoms with van der Waals surface area (Å²) in [5.41, 5.74) is 33.4. The van der Waals surface area contributed by atoms with Crippen LogP contribution in [0, 0.1) is 0 Å². The van der Waals surface area contributed by atoms with Gasteiger partial charge in [0, 0.05) is 21.9 Å². The number of hydrogen-bond acceptors (Lipinski definition) is 2. The SMILES string of the molecule is CC(C)c1cc(C(C)C)c(-c2cc(-c3ccc4ccc5ccc(-c6cc(-c7c(C(C)C)cc(C(C)C)cc7C(C)C)cc(-c7c(C(C)C)cc(C(C)C)cc7C(C)C)c6)nc5c4n3)cc(-c3c(C(C)C)cc(C(C)C)cc3C(C)C)c2)c(C(C)C)c1. The molecule has 9 rings (SSSR count). The van der Waals surface area contributed by atoms with Crippen molar-refractivity contribution in [3.05, 3.63) is 188 Å². The van der Waals surface area contributed by atoms with Crippen LogP contribution in [0.5, 0.6) is 0 Å². The van der Waals surface area contributed by atoms with Gasteiger partial charge in [-0.1, -0.05) is 239 Å². The Hall–Kier alpha value is -6.64. The first-order valence-corrected chi connectivity index (χ1v) is 33.3. The molecule has 0 atom stereocenters. The fourth-order valence-corrected chi connectivity index (χ4v) is 13.4. The zero-order chi connectivity index (χ0) is 62.7. The van der Waals surface area contributed by atoms with E-state index < -0.39 is 0 Å². The average molecular weight is 1140 g/mol. The molecule has 0 aliphatic rings. The van der Waals surface area contributed by atoms with Gasteiger partial charge in [-0.15, -0.1) is 0 Å². The molecule has 450 valence electrons.